The van der Waals surface area contributed by atoms with E-state index in [-0.39, 0.29) is 11.7 Å². The smallest absolute Gasteiger partial charge is 0.203 e. The molecule has 0 aromatic heterocycles. The van der Waals surface area contributed by atoms with Crippen LogP contribution in [0.15, 0.2) is 42.5 Å². The average Bonchev–Trinajstić information content (AvgIpc) is 2.66. The number of carbonyl (C=O) groups is 1. The number of benzene rings is 2. The van der Waals surface area contributed by atoms with Crippen LogP contribution in [0.4, 0.5) is 0 Å². The number of carbonyl (C=O) groups excluding carboxylic acids is 1. The van der Waals surface area contributed by atoms with Gasteiger partial charge in [0.05, 0.1) is 21.3 Å². The minimum absolute atomic E-state index is 0.0572. The molecular formula is C21H27NO4. The zero-order chi connectivity index (χ0) is 19.1. The number of ketones is 1. The van der Waals surface area contributed by atoms with Crippen molar-refractivity contribution < 1.29 is 19.0 Å². The van der Waals surface area contributed by atoms with Gasteiger partial charge in [-0.05, 0) is 38.2 Å². The van der Waals surface area contributed by atoms with E-state index in [1.165, 1.54) is 0 Å². The van der Waals surface area contributed by atoms with Gasteiger partial charge >= 0.3 is 0 Å². The Morgan fingerprint density at radius 3 is 2.00 bits per heavy atom. The molecule has 0 saturated heterocycles. The van der Waals surface area contributed by atoms with Gasteiger partial charge in [-0.25, -0.2) is 0 Å². The summed E-state index contributed by atoms with van der Waals surface area (Å²) < 4.78 is 16.1. The molecule has 0 aliphatic carbocycles. The van der Waals surface area contributed by atoms with Crippen LogP contribution in [0.25, 0.3) is 0 Å². The van der Waals surface area contributed by atoms with Gasteiger partial charge in [0.1, 0.15) is 0 Å². The Hall–Kier alpha value is -2.53. The topological polar surface area (TPSA) is 48.0 Å². The second-order valence-corrected chi connectivity index (χ2v) is 6.43. The first-order valence-corrected chi connectivity index (χ1v) is 8.53. The van der Waals surface area contributed by atoms with Gasteiger partial charge in [-0.3, -0.25) is 4.79 Å². The molecular weight excluding hydrogens is 330 g/mol. The molecule has 0 bridgehead atoms. The van der Waals surface area contributed by atoms with E-state index in [1.54, 1.807) is 33.5 Å². The number of hydrogen-bond donors (Lipinski definition) is 0. The van der Waals surface area contributed by atoms with Crippen molar-refractivity contribution in [3.63, 3.8) is 0 Å². The Balaban J connectivity index is 2.38. The highest BCUT2D eigenvalue weighted by Crippen LogP contribution is 2.38. The normalized spacial score (nSPS) is 11.9. The van der Waals surface area contributed by atoms with Crippen molar-refractivity contribution in [2.24, 2.45) is 5.92 Å². The molecule has 1 atom stereocenters. The van der Waals surface area contributed by atoms with Crippen LogP contribution in [-0.2, 0) is 6.42 Å². The highest BCUT2D eigenvalue weighted by Gasteiger charge is 2.24. The molecule has 0 aliphatic rings. The maximum atomic E-state index is 13.2. The van der Waals surface area contributed by atoms with Gasteiger partial charge < -0.3 is 19.1 Å². The minimum Gasteiger partial charge on any atom is -0.493 e. The van der Waals surface area contributed by atoms with Crippen molar-refractivity contribution in [1.82, 2.24) is 4.90 Å². The fourth-order valence-electron chi connectivity index (χ4n) is 3.04. The highest BCUT2D eigenvalue weighted by atomic mass is 16.5. The number of Topliss-reactive ketones (excluding diaryl/α,β-unsaturated/α-hetero) is 1. The number of methoxy groups -OCH3 is 3. The van der Waals surface area contributed by atoms with E-state index in [9.17, 15) is 4.79 Å². The van der Waals surface area contributed by atoms with Crippen molar-refractivity contribution in [2.75, 3.05) is 42.0 Å². The van der Waals surface area contributed by atoms with Gasteiger partial charge in [0.25, 0.3) is 0 Å². The molecule has 0 fully saturated rings. The van der Waals surface area contributed by atoms with Gasteiger partial charge in [0.2, 0.25) is 5.75 Å². The van der Waals surface area contributed by atoms with Crippen LogP contribution in [0, 0.1) is 5.92 Å². The first kappa shape index (κ1) is 19.8. The van der Waals surface area contributed by atoms with Crippen LogP contribution < -0.4 is 14.2 Å². The van der Waals surface area contributed by atoms with Gasteiger partial charge in [0, 0.05) is 18.0 Å². The van der Waals surface area contributed by atoms with Crippen molar-refractivity contribution in [3.05, 3.63) is 53.6 Å². The lowest BCUT2D eigenvalue weighted by Gasteiger charge is -2.21. The SMILES string of the molecule is COc1cc(C(=O)C(Cc2ccccc2)CN(C)C)cc(OC)c1OC. The molecule has 1 unspecified atom stereocenters. The maximum absolute atomic E-state index is 13.2. The molecule has 140 valence electrons. The monoisotopic (exact) mass is 357 g/mol. The summed E-state index contributed by atoms with van der Waals surface area (Å²) in [4.78, 5) is 15.3. The molecule has 5 nitrogen and oxygen atoms in total. The van der Waals surface area contributed by atoms with Crippen molar-refractivity contribution in [2.45, 2.75) is 6.42 Å². The largest absolute Gasteiger partial charge is 0.493 e. The van der Waals surface area contributed by atoms with Gasteiger partial charge in [0.15, 0.2) is 17.3 Å². The molecule has 0 heterocycles. The van der Waals surface area contributed by atoms with Crippen LogP contribution in [0.1, 0.15) is 15.9 Å². The van der Waals surface area contributed by atoms with E-state index in [0.29, 0.717) is 35.8 Å². The Labute approximate surface area is 155 Å². The lowest BCUT2D eigenvalue weighted by molar-refractivity contribution is 0.0896. The summed E-state index contributed by atoms with van der Waals surface area (Å²) in [5.74, 6) is 1.34. The van der Waals surface area contributed by atoms with Crippen molar-refractivity contribution >= 4 is 5.78 Å². The van der Waals surface area contributed by atoms with Gasteiger partial charge in [-0.15, -0.1) is 0 Å². The van der Waals surface area contributed by atoms with E-state index in [1.807, 2.05) is 49.3 Å². The molecule has 0 spiro atoms. The lowest BCUT2D eigenvalue weighted by Crippen LogP contribution is -2.29. The maximum Gasteiger partial charge on any atom is 0.203 e. The highest BCUT2D eigenvalue weighted by molar-refractivity contribution is 5.99. The molecule has 0 aliphatic heterocycles. The van der Waals surface area contributed by atoms with Crippen LogP contribution in [0.3, 0.4) is 0 Å². The molecule has 5 heteroatoms. The fraction of sp³-hybridized carbons (Fsp3) is 0.381. The standard InChI is InChI=1S/C21H27NO4/c1-22(2)14-17(11-15-9-7-6-8-10-15)20(23)16-12-18(24-3)21(26-5)19(13-16)25-4/h6-10,12-13,17H,11,14H2,1-5H3. The summed E-state index contributed by atoms with van der Waals surface area (Å²) in [5, 5.41) is 0. The van der Waals surface area contributed by atoms with Crippen LogP contribution in [-0.4, -0.2) is 52.7 Å². The molecule has 2 aromatic rings. The molecule has 2 rings (SSSR count). The van der Waals surface area contributed by atoms with Crippen LogP contribution >= 0.6 is 0 Å². The van der Waals surface area contributed by atoms with Crippen molar-refractivity contribution in [3.8, 4) is 17.2 Å². The average molecular weight is 357 g/mol. The van der Waals surface area contributed by atoms with E-state index < -0.39 is 0 Å². The number of nitrogens with zero attached hydrogens (tertiary/aromatic N) is 1. The number of ether oxygens (including phenoxy) is 3. The van der Waals surface area contributed by atoms with E-state index >= 15 is 0 Å². The molecule has 26 heavy (non-hydrogen) atoms. The number of rotatable bonds is 9. The first-order valence-electron chi connectivity index (χ1n) is 8.53. The first-order chi connectivity index (χ1) is 12.5. The van der Waals surface area contributed by atoms with E-state index in [0.717, 1.165) is 5.56 Å². The summed E-state index contributed by atoms with van der Waals surface area (Å²) in [5.41, 5.74) is 1.70. The molecule has 0 amide bonds. The third-order valence-electron chi connectivity index (χ3n) is 4.23. The number of hydrogen-bond acceptors (Lipinski definition) is 5. The zero-order valence-electron chi connectivity index (χ0n) is 16.1. The second kappa shape index (κ2) is 9.25. The van der Waals surface area contributed by atoms with Crippen LogP contribution in [0.5, 0.6) is 17.2 Å². The molecule has 2 aromatic carbocycles. The van der Waals surface area contributed by atoms with Crippen molar-refractivity contribution in [1.29, 1.82) is 0 Å². The molecule has 0 N–H and O–H groups in total. The summed E-state index contributed by atoms with van der Waals surface area (Å²) >= 11 is 0. The quantitative estimate of drug-likeness (QED) is 0.645. The Morgan fingerprint density at radius 2 is 1.54 bits per heavy atom. The minimum atomic E-state index is -0.171. The summed E-state index contributed by atoms with van der Waals surface area (Å²) in [6.45, 7) is 0.657. The third kappa shape index (κ3) is 4.76. The summed E-state index contributed by atoms with van der Waals surface area (Å²) in [6, 6.07) is 13.5. The Morgan fingerprint density at radius 1 is 0.962 bits per heavy atom. The zero-order valence-corrected chi connectivity index (χ0v) is 16.1. The van der Waals surface area contributed by atoms with Gasteiger partial charge in [-0.1, -0.05) is 30.3 Å². The molecule has 0 radical (unpaired) electrons. The van der Waals surface area contributed by atoms with E-state index in [4.69, 9.17) is 14.2 Å². The Kier molecular flexibility index (Phi) is 7.04. The summed E-state index contributed by atoms with van der Waals surface area (Å²) in [7, 11) is 8.59. The second-order valence-electron chi connectivity index (χ2n) is 6.43. The third-order valence-corrected chi connectivity index (χ3v) is 4.23. The van der Waals surface area contributed by atoms with E-state index in [2.05, 4.69) is 0 Å². The predicted molar refractivity (Wildman–Crippen MR) is 103 cm³/mol. The fourth-order valence-corrected chi connectivity index (χ4v) is 3.04. The molecule has 0 saturated carbocycles. The summed E-state index contributed by atoms with van der Waals surface area (Å²) in [6.07, 6.45) is 0.675. The predicted octanol–water partition coefficient (Wildman–Crippen LogP) is 3.32. The lowest BCUT2D eigenvalue weighted by atomic mass is 9.90. The van der Waals surface area contributed by atoms with Gasteiger partial charge in [-0.2, -0.15) is 0 Å². The van der Waals surface area contributed by atoms with Crippen LogP contribution in [0.2, 0.25) is 0 Å². The Bertz CT molecular complexity index is 703.